The number of rotatable bonds is 3. The normalized spacial score (nSPS) is 11.5. The Morgan fingerprint density at radius 2 is 1.68 bits per heavy atom. The highest BCUT2D eigenvalue weighted by Gasteiger charge is 2.18. The van der Waals surface area contributed by atoms with Crippen LogP contribution in [-0.2, 0) is 10.1 Å². The first kappa shape index (κ1) is 14.3. The van der Waals surface area contributed by atoms with Crippen LogP contribution in [0.2, 0.25) is 0 Å². The quantitative estimate of drug-likeness (QED) is 0.549. The van der Waals surface area contributed by atoms with Crippen molar-refractivity contribution in [2.24, 2.45) is 0 Å². The number of hydrogen-bond acceptors (Lipinski definition) is 5. The Kier molecular flexibility index (Phi) is 3.46. The van der Waals surface area contributed by atoms with E-state index >= 15 is 0 Å². The SMILES string of the molecule is Cc1ccc(S(=O)(=O)Oc2cccc3oc(=O)ccc23)cc1. The maximum Gasteiger partial charge on any atom is 0.339 e. The molecule has 6 heteroatoms. The molecular formula is C16H12O5S. The van der Waals surface area contributed by atoms with Crippen LogP contribution in [0.5, 0.6) is 5.75 Å². The molecule has 112 valence electrons. The van der Waals surface area contributed by atoms with Gasteiger partial charge in [0.2, 0.25) is 0 Å². The van der Waals surface area contributed by atoms with Crippen molar-refractivity contribution in [1.82, 2.24) is 0 Å². The molecule has 0 radical (unpaired) electrons. The van der Waals surface area contributed by atoms with E-state index in [9.17, 15) is 13.2 Å². The molecule has 3 aromatic rings. The van der Waals surface area contributed by atoms with Gasteiger partial charge in [-0.15, -0.1) is 0 Å². The molecule has 1 heterocycles. The standard InChI is InChI=1S/C16H12O5S/c1-11-5-7-12(8-6-11)22(18,19)21-15-4-2-3-14-13(15)9-10-16(17)20-14/h2-10H,1H3. The summed E-state index contributed by atoms with van der Waals surface area (Å²) in [6.45, 7) is 1.87. The highest BCUT2D eigenvalue weighted by molar-refractivity contribution is 7.87. The maximum absolute atomic E-state index is 12.3. The number of aryl methyl sites for hydroxylation is 1. The second-order valence-electron chi connectivity index (χ2n) is 4.77. The van der Waals surface area contributed by atoms with E-state index in [0.29, 0.717) is 5.39 Å². The first-order valence-electron chi connectivity index (χ1n) is 6.50. The van der Waals surface area contributed by atoms with Crippen LogP contribution in [-0.4, -0.2) is 8.42 Å². The molecular weight excluding hydrogens is 304 g/mol. The lowest BCUT2D eigenvalue weighted by Crippen LogP contribution is -2.10. The van der Waals surface area contributed by atoms with Gasteiger partial charge in [-0.3, -0.25) is 0 Å². The molecule has 0 unspecified atom stereocenters. The van der Waals surface area contributed by atoms with Gasteiger partial charge in [0, 0.05) is 6.07 Å². The zero-order valence-corrected chi connectivity index (χ0v) is 12.5. The molecule has 0 atom stereocenters. The van der Waals surface area contributed by atoms with Gasteiger partial charge in [-0.1, -0.05) is 23.8 Å². The molecule has 5 nitrogen and oxygen atoms in total. The summed E-state index contributed by atoms with van der Waals surface area (Å²) >= 11 is 0. The van der Waals surface area contributed by atoms with Crippen molar-refractivity contribution in [1.29, 1.82) is 0 Å². The zero-order valence-electron chi connectivity index (χ0n) is 11.6. The van der Waals surface area contributed by atoms with Crippen molar-refractivity contribution in [3.05, 3.63) is 70.6 Å². The summed E-state index contributed by atoms with van der Waals surface area (Å²) in [5.74, 6) is 0.113. The third-order valence-electron chi connectivity index (χ3n) is 3.13. The molecule has 2 aromatic carbocycles. The fraction of sp³-hybridized carbons (Fsp3) is 0.0625. The molecule has 22 heavy (non-hydrogen) atoms. The Balaban J connectivity index is 2.06. The Morgan fingerprint density at radius 1 is 0.955 bits per heavy atom. The van der Waals surface area contributed by atoms with Crippen molar-refractivity contribution >= 4 is 21.1 Å². The third kappa shape index (κ3) is 2.73. The summed E-state index contributed by atoms with van der Waals surface area (Å²) in [6, 6.07) is 13.7. The van der Waals surface area contributed by atoms with Gasteiger partial charge < -0.3 is 8.60 Å². The molecule has 0 saturated carbocycles. The Bertz CT molecular complexity index is 985. The van der Waals surface area contributed by atoms with Crippen molar-refractivity contribution in [2.75, 3.05) is 0 Å². The summed E-state index contributed by atoms with van der Waals surface area (Å²) in [5, 5.41) is 0.415. The predicted molar refractivity (Wildman–Crippen MR) is 81.5 cm³/mol. The van der Waals surface area contributed by atoms with E-state index in [0.717, 1.165) is 5.56 Å². The molecule has 0 aliphatic rings. The summed E-state index contributed by atoms with van der Waals surface area (Å²) in [5.41, 5.74) is 0.709. The van der Waals surface area contributed by atoms with Gasteiger partial charge in [-0.2, -0.15) is 8.42 Å². The minimum atomic E-state index is -3.95. The lowest BCUT2D eigenvalue weighted by Gasteiger charge is -2.09. The maximum atomic E-state index is 12.3. The van der Waals surface area contributed by atoms with E-state index < -0.39 is 15.7 Å². The van der Waals surface area contributed by atoms with E-state index in [4.69, 9.17) is 8.60 Å². The van der Waals surface area contributed by atoms with Crippen LogP contribution in [0.4, 0.5) is 0 Å². The van der Waals surface area contributed by atoms with Crippen LogP contribution in [0.3, 0.4) is 0 Å². The zero-order chi connectivity index (χ0) is 15.7. The van der Waals surface area contributed by atoms with Gasteiger partial charge in [0.15, 0.2) is 5.75 Å². The topological polar surface area (TPSA) is 73.6 Å². The molecule has 0 aliphatic heterocycles. The molecule has 1 aromatic heterocycles. The minimum absolute atomic E-state index is 0.0625. The average molecular weight is 316 g/mol. The lowest BCUT2D eigenvalue weighted by atomic mass is 10.2. The summed E-state index contributed by atoms with van der Waals surface area (Å²) in [4.78, 5) is 11.3. The van der Waals surface area contributed by atoms with E-state index in [2.05, 4.69) is 0 Å². The van der Waals surface area contributed by atoms with E-state index in [1.165, 1.54) is 30.3 Å². The minimum Gasteiger partial charge on any atom is -0.423 e. The van der Waals surface area contributed by atoms with Gasteiger partial charge in [0.05, 0.1) is 5.39 Å². The van der Waals surface area contributed by atoms with Crippen LogP contribution in [0.25, 0.3) is 11.0 Å². The molecule has 3 rings (SSSR count). The van der Waals surface area contributed by atoms with Gasteiger partial charge in [-0.25, -0.2) is 4.79 Å². The van der Waals surface area contributed by atoms with Gasteiger partial charge in [-0.05, 0) is 37.3 Å². The van der Waals surface area contributed by atoms with Crippen LogP contribution >= 0.6 is 0 Å². The van der Waals surface area contributed by atoms with Crippen LogP contribution in [0, 0.1) is 6.92 Å². The number of benzene rings is 2. The van der Waals surface area contributed by atoms with Gasteiger partial charge >= 0.3 is 15.7 Å². The number of fused-ring (bicyclic) bond motifs is 1. The molecule has 0 spiro atoms. The van der Waals surface area contributed by atoms with Gasteiger partial charge in [0.25, 0.3) is 0 Å². The van der Waals surface area contributed by atoms with E-state index in [1.54, 1.807) is 24.3 Å². The Labute approximate surface area is 126 Å². The average Bonchev–Trinajstić information content (AvgIpc) is 2.47. The van der Waals surface area contributed by atoms with Crippen LogP contribution < -0.4 is 9.81 Å². The smallest absolute Gasteiger partial charge is 0.339 e. The highest BCUT2D eigenvalue weighted by atomic mass is 32.2. The molecule has 0 amide bonds. The molecule has 0 saturated heterocycles. The second-order valence-corrected chi connectivity index (χ2v) is 6.32. The second kappa shape index (κ2) is 5.31. The fourth-order valence-electron chi connectivity index (χ4n) is 2.01. The summed E-state index contributed by atoms with van der Waals surface area (Å²) in [7, 11) is -3.95. The lowest BCUT2D eigenvalue weighted by molar-refractivity contribution is 0.487. The predicted octanol–water partition coefficient (Wildman–Crippen LogP) is 2.87. The highest BCUT2D eigenvalue weighted by Crippen LogP contribution is 2.27. The van der Waals surface area contributed by atoms with E-state index in [1.807, 2.05) is 6.92 Å². The van der Waals surface area contributed by atoms with Crippen LogP contribution in [0.15, 0.2) is 68.7 Å². The fourth-order valence-corrected chi connectivity index (χ4v) is 2.96. The molecule has 0 fully saturated rings. The van der Waals surface area contributed by atoms with Crippen molar-refractivity contribution in [3.8, 4) is 5.75 Å². The molecule has 0 aliphatic carbocycles. The van der Waals surface area contributed by atoms with Crippen molar-refractivity contribution in [3.63, 3.8) is 0 Å². The molecule has 0 N–H and O–H groups in total. The summed E-state index contributed by atoms with van der Waals surface area (Å²) < 4.78 is 34.8. The Morgan fingerprint density at radius 3 is 2.41 bits per heavy atom. The first-order valence-corrected chi connectivity index (χ1v) is 7.90. The van der Waals surface area contributed by atoms with Crippen LogP contribution in [0.1, 0.15) is 5.56 Å². The first-order chi connectivity index (χ1) is 10.5. The van der Waals surface area contributed by atoms with Crippen molar-refractivity contribution < 1.29 is 17.0 Å². The Hall–Kier alpha value is -2.60. The number of hydrogen-bond donors (Lipinski definition) is 0. The largest absolute Gasteiger partial charge is 0.423 e. The molecule has 0 bridgehead atoms. The van der Waals surface area contributed by atoms with Crippen molar-refractivity contribution in [2.45, 2.75) is 11.8 Å². The summed E-state index contributed by atoms with van der Waals surface area (Å²) in [6.07, 6.45) is 0. The monoisotopic (exact) mass is 316 g/mol. The van der Waals surface area contributed by atoms with Gasteiger partial charge in [0.1, 0.15) is 10.5 Å². The third-order valence-corrected chi connectivity index (χ3v) is 4.38. The van der Waals surface area contributed by atoms with E-state index in [-0.39, 0.29) is 16.2 Å².